The van der Waals surface area contributed by atoms with E-state index in [9.17, 15) is 0 Å². The third-order valence-electron chi connectivity index (χ3n) is 15.6. The molecule has 0 bridgehead atoms. The summed E-state index contributed by atoms with van der Waals surface area (Å²) in [5, 5.41) is 0. The van der Waals surface area contributed by atoms with Crippen molar-refractivity contribution in [2.24, 2.45) is 35.2 Å². The molecule has 0 aliphatic carbocycles. The summed E-state index contributed by atoms with van der Waals surface area (Å²) in [4.78, 5) is 0. The van der Waals surface area contributed by atoms with Crippen LogP contribution in [-0.2, 0) is 54.5 Å². The van der Waals surface area contributed by atoms with Crippen molar-refractivity contribution in [1.29, 1.82) is 0 Å². The molecule has 0 saturated carbocycles. The highest BCUT2D eigenvalue weighted by atomic mass is 14.9. The van der Waals surface area contributed by atoms with Gasteiger partial charge in [0.2, 0.25) is 28.5 Å². The van der Waals surface area contributed by atoms with Crippen LogP contribution in [0, 0.1) is 34.6 Å². The summed E-state index contributed by atoms with van der Waals surface area (Å²) in [7, 11) is 10.5. The van der Waals surface area contributed by atoms with Gasteiger partial charge in [0.25, 0.3) is 0 Å². The molecular weight excluding hydrogens is 995 g/mol. The number of hydrogen-bond acceptors (Lipinski definition) is 0. The Balaban J connectivity index is 0.000000165. The zero-order chi connectivity index (χ0) is 59.5. The quantitative estimate of drug-likeness (QED) is 0.122. The van der Waals surface area contributed by atoms with Gasteiger partial charge in [-0.25, -0.2) is 22.8 Å². The molecule has 0 radical (unpaired) electrons. The summed E-state index contributed by atoms with van der Waals surface area (Å²) in [5.41, 5.74) is 26.6. The van der Waals surface area contributed by atoms with E-state index in [2.05, 4.69) is 354 Å². The van der Waals surface area contributed by atoms with Crippen molar-refractivity contribution in [2.45, 2.75) is 114 Å². The Labute approximate surface area is 494 Å². The van der Waals surface area contributed by atoms with E-state index in [0.29, 0.717) is 11.8 Å². The van der Waals surface area contributed by atoms with Gasteiger partial charge in [-0.3, -0.25) is 0 Å². The van der Waals surface area contributed by atoms with Gasteiger partial charge in [0, 0.05) is 87.0 Å². The lowest BCUT2D eigenvalue weighted by molar-refractivity contribution is -0.661. The van der Waals surface area contributed by atoms with Gasteiger partial charge in [-0.05, 0) is 153 Å². The Morgan fingerprint density at radius 2 is 0.707 bits per heavy atom. The second-order valence-corrected chi connectivity index (χ2v) is 22.4. The number of pyridine rings is 5. The molecule has 422 valence electrons. The van der Waals surface area contributed by atoms with Crippen molar-refractivity contribution in [1.82, 2.24) is 0 Å². The summed E-state index contributed by atoms with van der Waals surface area (Å²) >= 11 is 0. The molecule has 0 saturated heterocycles. The minimum absolute atomic E-state index is 0.568. The van der Waals surface area contributed by atoms with E-state index in [1.807, 2.05) is 0 Å². The van der Waals surface area contributed by atoms with Crippen molar-refractivity contribution in [2.75, 3.05) is 0 Å². The molecule has 0 unspecified atom stereocenters. The molecular formula is C77H94N5+5. The van der Waals surface area contributed by atoms with E-state index in [0.717, 1.165) is 19.3 Å². The van der Waals surface area contributed by atoms with Gasteiger partial charge in [0.05, 0.1) is 0 Å². The molecule has 0 N–H and O–H groups in total. The molecule has 10 aromatic rings. The predicted molar refractivity (Wildman–Crippen MR) is 345 cm³/mol. The number of aryl methyl sites for hydroxylation is 13. The second-order valence-electron chi connectivity index (χ2n) is 22.4. The lowest BCUT2D eigenvalue weighted by Crippen LogP contribution is -2.31. The van der Waals surface area contributed by atoms with Gasteiger partial charge in [-0.1, -0.05) is 139 Å². The number of rotatable bonds is 10. The zero-order valence-corrected chi connectivity index (χ0v) is 52.7. The molecule has 5 heterocycles. The van der Waals surface area contributed by atoms with Crippen LogP contribution in [0.1, 0.15) is 116 Å². The van der Waals surface area contributed by atoms with Crippen molar-refractivity contribution in [3.63, 3.8) is 0 Å². The molecule has 0 aliphatic rings. The first-order valence-corrected chi connectivity index (χ1v) is 29.6. The fourth-order valence-electron chi connectivity index (χ4n) is 10.3. The van der Waals surface area contributed by atoms with Gasteiger partial charge in [-0.2, -0.15) is 0 Å². The van der Waals surface area contributed by atoms with E-state index in [4.69, 9.17) is 0 Å². The average Bonchev–Trinajstić information content (AvgIpc) is 3.64. The Morgan fingerprint density at radius 1 is 0.305 bits per heavy atom. The van der Waals surface area contributed by atoms with Crippen molar-refractivity contribution in [3.8, 4) is 56.3 Å². The number of hydrogen-bond donors (Lipinski definition) is 0. The lowest BCUT2D eigenvalue weighted by Gasteiger charge is -2.08. The highest BCUT2D eigenvalue weighted by Gasteiger charge is 2.18. The number of nitrogens with zero attached hydrogens (tertiary/aromatic N) is 5. The van der Waals surface area contributed by atoms with Crippen LogP contribution in [0.4, 0.5) is 0 Å². The van der Waals surface area contributed by atoms with Crippen LogP contribution in [0.2, 0.25) is 0 Å². The summed E-state index contributed by atoms with van der Waals surface area (Å²) in [6.07, 6.45) is 14.1. The van der Waals surface area contributed by atoms with Crippen LogP contribution in [0.15, 0.2) is 213 Å². The molecule has 5 heteroatoms. The number of aromatic nitrogens is 5. The molecule has 0 spiro atoms. The summed E-state index contributed by atoms with van der Waals surface area (Å²) in [6.45, 7) is 26.3. The van der Waals surface area contributed by atoms with E-state index in [-0.39, 0.29) is 0 Å². The highest BCUT2D eigenvalue weighted by Crippen LogP contribution is 2.27. The first kappa shape index (κ1) is 63.0. The molecule has 5 aromatic carbocycles. The van der Waals surface area contributed by atoms with E-state index < -0.39 is 0 Å². The van der Waals surface area contributed by atoms with Crippen LogP contribution >= 0.6 is 0 Å². The van der Waals surface area contributed by atoms with Crippen molar-refractivity contribution >= 4 is 0 Å². The molecule has 0 aliphatic heterocycles. The molecule has 82 heavy (non-hydrogen) atoms. The standard InChI is InChI=1S/2C16H20N.3C15H18N/c1-12(2)14-9-10-17(4)16(11-14)15-8-6-5-7-13(15)3;1-12(2)14-9-10-16(17(4)11-14)15-8-6-5-7-13(15)3;1-4-13-9-7-11-16(3)15(13)14-10-6-5-8-12(14)2;1-4-13-9-10-16(3)15(11-13)14-8-6-5-7-12(14)2;1-4-13-9-10-15(16(3)11-13)14-8-6-5-7-12(14)2/h2*5-12H,1-4H3;3*5-11H,4H2,1-3H3/q5*+1. The second kappa shape index (κ2) is 30.6. The lowest BCUT2D eigenvalue weighted by atomic mass is 9.99. The van der Waals surface area contributed by atoms with Crippen molar-refractivity contribution < 1.29 is 22.8 Å². The molecule has 0 amide bonds. The SMILES string of the molecule is CCc1cc[n+](C)c(-c2ccccc2C)c1.CCc1ccc(-c2ccccc2C)[n+](C)c1.CCc1ccc[n+](C)c1-c1ccccc1C.Cc1ccccc1-c1cc(C(C)C)cc[n+]1C.Cc1ccccc1-c1ccc(C(C)C)c[n+]1C. The zero-order valence-electron chi connectivity index (χ0n) is 52.7. The van der Waals surface area contributed by atoms with Crippen LogP contribution in [0.3, 0.4) is 0 Å². The van der Waals surface area contributed by atoms with Gasteiger partial charge < -0.3 is 0 Å². The van der Waals surface area contributed by atoms with E-state index in [1.54, 1.807) is 0 Å². The molecule has 0 fully saturated rings. The maximum atomic E-state index is 2.30. The van der Waals surface area contributed by atoms with Crippen LogP contribution in [0.25, 0.3) is 56.3 Å². The Hall–Kier alpha value is -8.15. The Morgan fingerprint density at radius 3 is 1.12 bits per heavy atom. The first-order valence-electron chi connectivity index (χ1n) is 29.6. The monoisotopic (exact) mass is 1090 g/mol. The summed E-state index contributed by atoms with van der Waals surface area (Å²) in [5.74, 6) is 1.14. The fraction of sp³-hybridized carbons (Fsp3) is 0.286. The maximum absolute atomic E-state index is 2.30. The first-order chi connectivity index (χ1) is 39.4. The predicted octanol–water partition coefficient (Wildman–Crippen LogP) is 16.4. The molecule has 0 atom stereocenters. The minimum Gasteiger partial charge on any atom is -0.201 e. The molecule has 5 aromatic heterocycles. The van der Waals surface area contributed by atoms with Gasteiger partial charge in [0.1, 0.15) is 35.2 Å². The minimum atomic E-state index is 0.568. The normalized spacial score (nSPS) is 10.6. The van der Waals surface area contributed by atoms with Crippen LogP contribution < -0.4 is 22.8 Å². The highest BCUT2D eigenvalue weighted by molar-refractivity contribution is 5.65. The summed E-state index contributed by atoms with van der Waals surface area (Å²) < 4.78 is 11.0. The largest absolute Gasteiger partial charge is 0.215 e. The summed E-state index contributed by atoms with van der Waals surface area (Å²) in [6, 6.07) is 64.8. The smallest absolute Gasteiger partial charge is 0.201 e. The van der Waals surface area contributed by atoms with Gasteiger partial charge in [0.15, 0.2) is 31.0 Å². The van der Waals surface area contributed by atoms with Crippen LogP contribution in [0.5, 0.6) is 0 Å². The maximum Gasteiger partial charge on any atom is 0.215 e. The van der Waals surface area contributed by atoms with Gasteiger partial charge in [-0.15, -0.1) is 0 Å². The fourth-order valence-corrected chi connectivity index (χ4v) is 10.3. The van der Waals surface area contributed by atoms with Crippen LogP contribution in [-0.4, -0.2) is 0 Å². The third-order valence-corrected chi connectivity index (χ3v) is 15.6. The van der Waals surface area contributed by atoms with E-state index in [1.165, 1.54) is 112 Å². The molecule has 5 nitrogen and oxygen atoms in total. The van der Waals surface area contributed by atoms with E-state index >= 15 is 0 Å². The average molecular weight is 1090 g/mol. The van der Waals surface area contributed by atoms with Gasteiger partial charge >= 0.3 is 0 Å². The topological polar surface area (TPSA) is 19.4 Å². The third kappa shape index (κ3) is 16.7. The van der Waals surface area contributed by atoms with Crippen molar-refractivity contribution in [3.05, 3.63) is 269 Å². The molecule has 10 rings (SSSR count). The Kier molecular flexibility index (Phi) is 23.5. The Bertz CT molecular complexity index is 3680. The number of benzene rings is 5.